The molecule has 2 rings (SSSR count). The van der Waals surface area contributed by atoms with Crippen LogP contribution in [0, 0.1) is 10.1 Å². The van der Waals surface area contributed by atoms with Gasteiger partial charge in [-0.2, -0.15) is 0 Å². The zero-order valence-corrected chi connectivity index (χ0v) is 14.1. The molecule has 0 saturated carbocycles. The Hall–Kier alpha value is -1.34. The van der Waals surface area contributed by atoms with Gasteiger partial charge in [-0.05, 0) is 42.9 Å². The minimum Gasteiger partial charge on any atom is -0.495 e. The van der Waals surface area contributed by atoms with Crippen LogP contribution < -0.4 is 9.64 Å². The van der Waals surface area contributed by atoms with Crippen molar-refractivity contribution in [2.75, 3.05) is 39.2 Å². The van der Waals surface area contributed by atoms with Crippen LogP contribution in [0.4, 0.5) is 11.4 Å². The quantitative estimate of drug-likeness (QED) is 0.598. The van der Waals surface area contributed by atoms with Crippen molar-refractivity contribution in [3.8, 4) is 5.75 Å². The number of nitro groups is 1. The Morgan fingerprint density at radius 2 is 2.24 bits per heavy atom. The lowest BCUT2D eigenvalue weighted by Gasteiger charge is -2.29. The number of nitrogens with zero attached hydrogens (tertiary/aromatic N) is 3. The zero-order valence-electron chi connectivity index (χ0n) is 12.5. The van der Waals surface area contributed by atoms with E-state index in [4.69, 9.17) is 4.74 Å². The average Bonchev–Trinajstić information content (AvgIpc) is 2.85. The second kappa shape index (κ2) is 6.62. The zero-order chi connectivity index (χ0) is 15.6. The van der Waals surface area contributed by atoms with Gasteiger partial charge in [0, 0.05) is 31.3 Å². The molecule has 1 aliphatic rings. The number of hydrogen-bond donors (Lipinski definition) is 0. The van der Waals surface area contributed by atoms with Crippen LogP contribution in [-0.2, 0) is 0 Å². The molecule has 0 amide bonds. The first-order chi connectivity index (χ1) is 9.93. The van der Waals surface area contributed by atoms with Crippen molar-refractivity contribution in [1.82, 2.24) is 4.90 Å². The number of hydrogen-bond acceptors (Lipinski definition) is 5. The third-order valence-corrected chi connectivity index (χ3v) is 4.33. The van der Waals surface area contributed by atoms with Crippen molar-refractivity contribution in [3.05, 3.63) is 26.7 Å². The summed E-state index contributed by atoms with van der Waals surface area (Å²) in [7, 11) is 5.61. The number of rotatable bonds is 5. The molecule has 0 N–H and O–H groups in total. The van der Waals surface area contributed by atoms with Crippen LogP contribution in [-0.4, -0.2) is 50.2 Å². The Bertz CT molecular complexity index is 536. The molecule has 0 unspecified atom stereocenters. The smallest absolute Gasteiger partial charge is 0.293 e. The second-order valence-corrected chi connectivity index (χ2v) is 6.34. The fourth-order valence-corrected chi connectivity index (χ4v) is 3.32. The SMILES string of the molecule is COc1cc(N2CCC[C@H]2CN(C)C)c([N+](=O)[O-])cc1Br. The number of halogens is 1. The van der Waals surface area contributed by atoms with Gasteiger partial charge in [-0.25, -0.2) is 0 Å². The van der Waals surface area contributed by atoms with Crippen molar-refractivity contribution < 1.29 is 9.66 Å². The lowest BCUT2D eigenvalue weighted by molar-refractivity contribution is -0.384. The number of ether oxygens (including phenoxy) is 1. The van der Waals surface area contributed by atoms with E-state index >= 15 is 0 Å². The highest BCUT2D eigenvalue weighted by molar-refractivity contribution is 9.10. The number of likely N-dealkylation sites (N-methyl/N-ethyl adjacent to an activating group) is 1. The predicted octanol–water partition coefficient (Wildman–Crippen LogP) is 2.90. The monoisotopic (exact) mass is 357 g/mol. The third kappa shape index (κ3) is 3.47. The first-order valence-electron chi connectivity index (χ1n) is 6.87. The van der Waals surface area contributed by atoms with Gasteiger partial charge in [-0.3, -0.25) is 10.1 Å². The number of benzene rings is 1. The number of anilines is 1. The molecule has 1 heterocycles. The lowest BCUT2D eigenvalue weighted by Crippen LogP contribution is -2.37. The summed E-state index contributed by atoms with van der Waals surface area (Å²) in [5.74, 6) is 0.617. The van der Waals surface area contributed by atoms with Gasteiger partial charge in [0.05, 0.1) is 16.5 Å². The van der Waals surface area contributed by atoms with E-state index in [1.807, 2.05) is 14.1 Å². The summed E-state index contributed by atoms with van der Waals surface area (Å²) in [5.41, 5.74) is 0.762. The molecule has 7 heteroatoms. The van der Waals surface area contributed by atoms with Gasteiger partial charge in [0.15, 0.2) is 0 Å². The standard InChI is InChI=1S/C14H20BrN3O3/c1-16(2)9-10-5-4-6-17(10)12-8-14(21-3)11(15)7-13(12)18(19)20/h7-8,10H,4-6,9H2,1-3H3/t10-/m0/s1. The van der Waals surface area contributed by atoms with E-state index in [1.165, 1.54) is 6.07 Å². The topological polar surface area (TPSA) is 58.8 Å². The fourth-order valence-electron chi connectivity index (χ4n) is 2.83. The molecule has 1 saturated heterocycles. The summed E-state index contributed by atoms with van der Waals surface area (Å²) in [6.07, 6.45) is 2.10. The van der Waals surface area contributed by atoms with E-state index in [9.17, 15) is 10.1 Å². The van der Waals surface area contributed by atoms with Crippen molar-refractivity contribution in [1.29, 1.82) is 0 Å². The van der Waals surface area contributed by atoms with E-state index in [0.29, 0.717) is 22.0 Å². The van der Waals surface area contributed by atoms with E-state index in [1.54, 1.807) is 13.2 Å². The highest BCUT2D eigenvalue weighted by Gasteiger charge is 2.31. The van der Waals surface area contributed by atoms with Crippen LogP contribution >= 0.6 is 15.9 Å². The van der Waals surface area contributed by atoms with E-state index in [2.05, 4.69) is 25.7 Å². The highest BCUT2D eigenvalue weighted by Crippen LogP contribution is 2.40. The normalized spacial score (nSPS) is 18.3. The van der Waals surface area contributed by atoms with Gasteiger partial charge in [0.2, 0.25) is 0 Å². The van der Waals surface area contributed by atoms with Gasteiger partial charge < -0.3 is 14.5 Å². The van der Waals surface area contributed by atoms with Crippen LogP contribution in [0.1, 0.15) is 12.8 Å². The van der Waals surface area contributed by atoms with Gasteiger partial charge in [-0.1, -0.05) is 0 Å². The van der Waals surface area contributed by atoms with Gasteiger partial charge in [0.25, 0.3) is 5.69 Å². The Balaban J connectivity index is 2.43. The van der Waals surface area contributed by atoms with Crippen molar-refractivity contribution in [2.45, 2.75) is 18.9 Å². The maximum atomic E-state index is 11.4. The Morgan fingerprint density at radius 1 is 1.52 bits per heavy atom. The molecule has 21 heavy (non-hydrogen) atoms. The molecule has 116 valence electrons. The molecule has 1 aromatic carbocycles. The summed E-state index contributed by atoms with van der Waals surface area (Å²) in [6.45, 7) is 1.72. The lowest BCUT2D eigenvalue weighted by atomic mass is 10.1. The molecule has 6 nitrogen and oxygen atoms in total. The molecular weight excluding hydrogens is 338 g/mol. The molecule has 0 aliphatic carbocycles. The third-order valence-electron chi connectivity index (χ3n) is 3.71. The molecule has 0 radical (unpaired) electrons. The van der Waals surface area contributed by atoms with Crippen LogP contribution in [0.2, 0.25) is 0 Å². The largest absolute Gasteiger partial charge is 0.495 e. The van der Waals surface area contributed by atoms with Gasteiger partial charge in [0.1, 0.15) is 11.4 Å². The maximum Gasteiger partial charge on any atom is 0.293 e. The molecule has 1 aliphatic heterocycles. The van der Waals surface area contributed by atoms with Gasteiger partial charge in [-0.15, -0.1) is 0 Å². The van der Waals surface area contributed by atoms with Crippen molar-refractivity contribution in [2.24, 2.45) is 0 Å². The molecule has 0 spiro atoms. The van der Waals surface area contributed by atoms with E-state index in [0.717, 1.165) is 25.9 Å². The minimum absolute atomic E-state index is 0.119. The number of nitro benzene ring substituents is 1. The Morgan fingerprint density at radius 3 is 2.81 bits per heavy atom. The Kier molecular flexibility index (Phi) is 5.05. The molecule has 1 aromatic rings. The summed E-state index contributed by atoms with van der Waals surface area (Å²) >= 11 is 3.32. The minimum atomic E-state index is -0.329. The second-order valence-electron chi connectivity index (χ2n) is 5.48. The summed E-state index contributed by atoms with van der Waals surface area (Å²) in [6, 6.07) is 3.58. The molecule has 1 atom stereocenters. The van der Waals surface area contributed by atoms with Crippen molar-refractivity contribution >= 4 is 27.3 Å². The first kappa shape index (κ1) is 16.0. The summed E-state index contributed by atoms with van der Waals surface area (Å²) in [4.78, 5) is 15.3. The van der Waals surface area contributed by atoms with Crippen LogP contribution in [0.5, 0.6) is 5.75 Å². The molecule has 1 fully saturated rings. The summed E-state index contributed by atoms with van der Waals surface area (Å²) in [5, 5.41) is 11.4. The highest BCUT2D eigenvalue weighted by atomic mass is 79.9. The maximum absolute atomic E-state index is 11.4. The Labute approximate surface area is 132 Å². The molecule has 0 aromatic heterocycles. The van der Waals surface area contributed by atoms with Gasteiger partial charge >= 0.3 is 0 Å². The summed E-state index contributed by atoms with van der Waals surface area (Å²) < 4.78 is 5.89. The van der Waals surface area contributed by atoms with Crippen LogP contribution in [0.15, 0.2) is 16.6 Å². The van der Waals surface area contributed by atoms with E-state index in [-0.39, 0.29) is 10.6 Å². The van der Waals surface area contributed by atoms with Crippen LogP contribution in [0.25, 0.3) is 0 Å². The average molecular weight is 358 g/mol. The fraction of sp³-hybridized carbons (Fsp3) is 0.571. The molecule has 0 bridgehead atoms. The molecular formula is C14H20BrN3O3. The van der Waals surface area contributed by atoms with Crippen LogP contribution in [0.3, 0.4) is 0 Å². The van der Waals surface area contributed by atoms with E-state index < -0.39 is 0 Å². The predicted molar refractivity (Wildman–Crippen MR) is 86.3 cm³/mol. The van der Waals surface area contributed by atoms with Crippen molar-refractivity contribution in [3.63, 3.8) is 0 Å². The number of methoxy groups -OCH3 is 1. The first-order valence-corrected chi connectivity index (χ1v) is 7.66.